The molecule has 55 heavy (non-hydrogen) atoms. The van der Waals surface area contributed by atoms with Gasteiger partial charge in [-0.2, -0.15) is 0 Å². The van der Waals surface area contributed by atoms with E-state index in [1.165, 1.54) is 0 Å². The monoisotopic (exact) mass is 707 g/mol. The molecule has 0 amide bonds. The quantitative estimate of drug-likeness (QED) is 0.178. The van der Waals surface area contributed by atoms with E-state index in [1.54, 1.807) is 0 Å². The van der Waals surface area contributed by atoms with Gasteiger partial charge in [-0.05, 0) is 40.5 Å². The first-order valence-corrected chi connectivity index (χ1v) is 18.3. The summed E-state index contributed by atoms with van der Waals surface area (Å²) in [6.07, 6.45) is 2.23. The van der Waals surface area contributed by atoms with Gasteiger partial charge in [0.1, 0.15) is 17.0 Å². The highest BCUT2D eigenvalue weighted by atomic mass is 16.3. The molecule has 9 aromatic rings. The fourth-order valence-corrected chi connectivity index (χ4v) is 7.34. The third kappa shape index (κ3) is 6.15. The van der Waals surface area contributed by atoms with E-state index in [9.17, 15) is 0 Å². The maximum Gasteiger partial charge on any atom is 0.164 e. The summed E-state index contributed by atoms with van der Waals surface area (Å²) in [5.41, 5.74) is 10.7. The maximum atomic E-state index is 6.45. The highest BCUT2D eigenvalue weighted by Gasteiger charge is 2.25. The van der Waals surface area contributed by atoms with Gasteiger partial charge in [-0.1, -0.05) is 170 Å². The predicted molar refractivity (Wildman–Crippen MR) is 222 cm³/mol. The topological polar surface area (TPSA) is 76.2 Å². The predicted octanol–water partition coefficient (Wildman–Crippen LogP) is 11.6. The first-order chi connectivity index (χ1) is 27.2. The zero-order chi connectivity index (χ0) is 36.6. The molecule has 10 rings (SSSR count). The fourth-order valence-electron chi connectivity index (χ4n) is 7.34. The third-order valence-electron chi connectivity index (χ3n) is 10.0. The fraction of sp³-hybridized carbons (Fsp3) is 0.0204. The summed E-state index contributed by atoms with van der Waals surface area (Å²) in [6, 6.07) is 61.7. The summed E-state index contributed by atoms with van der Waals surface area (Å²) in [5, 5.41) is 5.93. The van der Waals surface area contributed by atoms with Crippen LogP contribution in [0.1, 0.15) is 22.7 Å². The van der Waals surface area contributed by atoms with Crippen LogP contribution in [0.15, 0.2) is 197 Å². The molecule has 0 spiro atoms. The number of fused-ring (bicyclic) bond motifs is 3. The van der Waals surface area contributed by atoms with Crippen LogP contribution in [0.3, 0.4) is 0 Å². The molecular weight excluding hydrogens is 675 g/mol. The molecule has 1 N–H and O–H groups in total. The van der Waals surface area contributed by atoms with Crippen molar-refractivity contribution in [3.8, 4) is 45.3 Å². The van der Waals surface area contributed by atoms with Gasteiger partial charge in [-0.3, -0.25) is 0 Å². The number of aromatic nitrogens is 3. The van der Waals surface area contributed by atoms with Crippen LogP contribution in [0.4, 0.5) is 0 Å². The molecule has 2 aromatic heterocycles. The van der Waals surface area contributed by atoms with Crippen LogP contribution < -0.4 is 5.32 Å². The largest absolute Gasteiger partial charge is 0.456 e. The SMILES string of the molecule is C1=C(c2ccccc2)N=C(c2ccccc2)NC1c1ccc2oc3ccccc3c2c1-c1ccc(-c2nc(-c3ccccc3)nc(-c3ccccc3)n2)cc1. The average Bonchev–Trinajstić information content (AvgIpc) is 3.66. The molecule has 1 atom stereocenters. The van der Waals surface area contributed by atoms with E-state index in [1.807, 2.05) is 97.1 Å². The molecule has 1 aliphatic heterocycles. The molecule has 0 saturated carbocycles. The summed E-state index contributed by atoms with van der Waals surface area (Å²) in [5.74, 6) is 2.69. The molecule has 0 fully saturated rings. The van der Waals surface area contributed by atoms with Gasteiger partial charge in [0.15, 0.2) is 17.5 Å². The molecule has 0 radical (unpaired) electrons. The standard InChI is InChI=1S/C49H33N5O/c1-5-15-32(16-6-1)40-31-41(51-46(50-40)34-17-7-2-8-18-34)38-29-30-43-45(39-23-13-14-24-42(39)55-43)44(38)33-25-27-37(28-26-33)49-53-47(35-19-9-3-10-20-35)52-48(54-49)36-21-11-4-12-22-36/h1-31,41H,(H,50,51). The lowest BCUT2D eigenvalue weighted by Crippen LogP contribution is -2.31. The Hall–Kier alpha value is -7.44. The van der Waals surface area contributed by atoms with Crippen molar-refractivity contribution in [1.82, 2.24) is 20.3 Å². The molecule has 0 bridgehead atoms. The van der Waals surface area contributed by atoms with Crippen LogP contribution in [-0.2, 0) is 0 Å². The minimum Gasteiger partial charge on any atom is -0.456 e. The first-order valence-electron chi connectivity index (χ1n) is 18.3. The molecule has 3 heterocycles. The van der Waals surface area contributed by atoms with E-state index >= 15 is 0 Å². The first kappa shape index (κ1) is 32.2. The van der Waals surface area contributed by atoms with E-state index in [2.05, 4.69) is 96.3 Å². The Morgan fingerprint density at radius 2 is 0.909 bits per heavy atom. The van der Waals surface area contributed by atoms with Crippen molar-refractivity contribution in [3.63, 3.8) is 0 Å². The van der Waals surface area contributed by atoms with Gasteiger partial charge in [0, 0.05) is 33.0 Å². The summed E-state index contributed by atoms with van der Waals surface area (Å²) in [4.78, 5) is 20.0. The van der Waals surface area contributed by atoms with Crippen molar-refractivity contribution >= 4 is 33.5 Å². The summed E-state index contributed by atoms with van der Waals surface area (Å²) >= 11 is 0. The maximum absolute atomic E-state index is 6.45. The summed E-state index contributed by atoms with van der Waals surface area (Å²) < 4.78 is 6.45. The minimum absolute atomic E-state index is 0.193. The van der Waals surface area contributed by atoms with Gasteiger partial charge in [0.25, 0.3) is 0 Å². The van der Waals surface area contributed by atoms with Crippen LogP contribution >= 0.6 is 0 Å². The van der Waals surface area contributed by atoms with E-state index in [0.29, 0.717) is 17.5 Å². The van der Waals surface area contributed by atoms with Gasteiger partial charge in [0.05, 0.1) is 11.7 Å². The lowest BCUT2D eigenvalue weighted by molar-refractivity contribution is 0.668. The van der Waals surface area contributed by atoms with E-state index in [0.717, 1.165) is 78.0 Å². The Bertz CT molecular complexity index is 2810. The van der Waals surface area contributed by atoms with Gasteiger partial charge >= 0.3 is 0 Å². The Kier molecular flexibility index (Phi) is 8.11. The Morgan fingerprint density at radius 3 is 1.51 bits per heavy atom. The second kappa shape index (κ2) is 13.8. The number of furan rings is 1. The van der Waals surface area contributed by atoms with Crippen molar-refractivity contribution in [2.75, 3.05) is 0 Å². The molecular formula is C49H33N5O. The summed E-state index contributed by atoms with van der Waals surface area (Å²) in [7, 11) is 0. The van der Waals surface area contributed by atoms with Crippen molar-refractivity contribution in [2.45, 2.75) is 6.04 Å². The number of hydrogen-bond donors (Lipinski definition) is 1. The molecule has 1 unspecified atom stereocenters. The number of rotatable bonds is 7. The average molecular weight is 708 g/mol. The van der Waals surface area contributed by atoms with Crippen molar-refractivity contribution < 1.29 is 4.42 Å². The van der Waals surface area contributed by atoms with Crippen LogP contribution in [0, 0.1) is 0 Å². The Labute approximate surface area is 318 Å². The number of para-hydroxylation sites is 1. The van der Waals surface area contributed by atoms with Crippen molar-refractivity contribution in [2.24, 2.45) is 4.99 Å². The van der Waals surface area contributed by atoms with Crippen molar-refractivity contribution in [1.29, 1.82) is 0 Å². The number of nitrogens with zero attached hydrogens (tertiary/aromatic N) is 4. The molecule has 0 aliphatic carbocycles. The number of hydrogen-bond acceptors (Lipinski definition) is 6. The van der Waals surface area contributed by atoms with Crippen LogP contribution in [0.2, 0.25) is 0 Å². The lowest BCUT2D eigenvalue weighted by Gasteiger charge is -2.26. The van der Waals surface area contributed by atoms with Gasteiger partial charge in [-0.25, -0.2) is 19.9 Å². The Morgan fingerprint density at radius 1 is 0.418 bits per heavy atom. The number of benzene rings is 7. The molecule has 1 aliphatic rings. The van der Waals surface area contributed by atoms with E-state index in [4.69, 9.17) is 24.4 Å². The molecule has 6 nitrogen and oxygen atoms in total. The third-order valence-corrected chi connectivity index (χ3v) is 10.0. The molecule has 0 saturated heterocycles. The number of aliphatic imine (C=N–C) groups is 1. The highest BCUT2D eigenvalue weighted by Crippen LogP contribution is 2.43. The zero-order valence-corrected chi connectivity index (χ0v) is 29.7. The van der Waals surface area contributed by atoms with E-state index in [-0.39, 0.29) is 6.04 Å². The van der Waals surface area contributed by atoms with Crippen molar-refractivity contribution in [3.05, 3.63) is 205 Å². The second-order valence-electron chi connectivity index (χ2n) is 13.5. The molecule has 260 valence electrons. The number of amidine groups is 1. The second-order valence-corrected chi connectivity index (χ2v) is 13.5. The van der Waals surface area contributed by atoms with Gasteiger partial charge in [0.2, 0.25) is 0 Å². The highest BCUT2D eigenvalue weighted by molar-refractivity contribution is 6.13. The zero-order valence-electron chi connectivity index (χ0n) is 29.7. The van der Waals surface area contributed by atoms with Gasteiger partial charge < -0.3 is 9.73 Å². The normalized spacial score (nSPS) is 14.0. The molecule has 7 aromatic carbocycles. The van der Waals surface area contributed by atoms with Crippen LogP contribution in [0.5, 0.6) is 0 Å². The van der Waals surface area contributed by atoms with Crippen LogP contribution in [0.25, 0.3) is 72.9 Å². The lowest BCUT2D eigenvalue weighted by atomic mass is 9.89. The number of nitrogens with one attached hydrogen (secondary N) is 1. The minimum atomic E-state index is -0.193. The summed E-state index contributed by atoms with van der Waals surface area (Å²) in [6.45, 7) is 0. The smallest absolute Gasteiger partial charge is 0.164 e. The van der Waals surface area contributed by atoms with E-state index < -0.39 is 0 Å². The molecule has 6 heteroatoms. The van der Waals surface area contributed by atoms with Gasteiger partial charge in [-0.15, -0.1) is 0 Å². The Balaban J connectivity index is 1.13. The van der Waals surface area contributed by atoms with Crippen LogP contribution in [-0.4, -0.2) is 20.8 Å².